The maximum Gasteiger partial charge on any atom is 0.319 e. The second kappa shape index (κ2) is 6.34. The molecule has 0 unspecified atom stereocenters. The summed E-state index contributed by atoms with van der Waals surface area (Å²) in [7, 11) is 0. The molecule has 6 heteroatoms. The fraction of sp³-hybridized carbons (Fsp3) is 0.250. The van der Waals surface area contributed by atoms with Gasteiger partial charge in [-0.25, -0.2) is 4.79 Å². The number of anilines is 2. The fourth-order valence-electron chi connectivity index (χ4n) is 2.40. The van der Waals surface area contributed by atoms with Gasteiger partial charge < -0.3 is 20.0 Å². The monoisotopic (exact) mass is 299 g/mol. The Balaban J connectivity index is 1.54. The van der Waals surface area contributed by atoms with Crippen molar-refractivity contribution in [1.82, 2.24) is 5.32 Å². The smallest absolute Gasteiger partial charge is 0.319 e. The van der Waals surface area contributed by atoms with Crippen molar-refractivity contribution < 1.29 is 14.0 Å². The van der Waals surface area contributed by atoms with Crippen LogP contribution in [0.3, 0.4) is 0 Å². The molecule has 6 nitrogen and oxygen atoms in total. The molecule has 1 aliphatic rings. The van der Waals surface area contributed by atoms with E-state index in [4.69, 9.17) is 4.42 Å². The summed E-state index contributed by atoms with van der Waals surface area (Å²) < 4.78 is 4.93. The maximum atomic E-state index is 11.8. The van der Waals surface area contributed by atoms with Gasteiger partial charge in [-0.3, -0.25) is 4.79 Å². The predicted molar refractivity (Wildman–Crippen MR) is 82.6 cm³/mol. The van der Waals surface area contributed by atoms with Crippen LogP contribution in [0.5, 0.6) is 0 Å². The Morgan fingerprint density at radius 2 is 2.05 bits per heavy atom. The minimum Gasteiger partial charge on any atom is -0.472 e. The molecule has 0 radical (unpaired) electrons. The van der Waals surface area contributed by atoms with Crippen molar-refractivity contribution in [3.05, 3.63) is 48.4 Å². The average Bonchev–Trinajstić information content (AvgIpc) is 3.17. The molecule has 2 heterocycles. The lowest BCUT2D eigenvalue weighted by atomic mass is 10.2. The number of rotatable bonds is 4. The van der Waals surface area contributed by atoms with Gasteiger partial charge in [0.1, 0.15) is 0 Å². The predicted octanol–water partition coefficient (Wildman–Crippen LogP) is 2.73. The third-order valence-corrected chi connectivity index (χ3v) is 3.54. The maximum absolute atomic E-state index is 11.8. The minimum absolute atomic E-state index is 0.151. The van der Waals surface area contributed by atoms with E-state index < -0.39 is 0 Å². The van der Waals surface area contributed by atoms with Gasteiger partial charge in [0.25, 0.3) is 0 Å². The Bertz CT molecular complexity index is 650. The molecule has 1 fully saturated rings. The summed E-state index contributed by atoms with van der Waals surface area (Å²) in [5.74, 6) is 0.151. The van der Waals surface area contributed by atoms with E-state index in [1.54, 1.807) is 35.6 Å². The van der Waals surface area contributed by atoms with Gasteiger partial charge in [0.05, 0.1) is 12.5 Å². The van der Waals surface area contributed by atoms with Gasteiger partial charge in [0.15, 0.2) is 0 Å². The van der Waals surface area contributed by atoms with Crippen LogP contribution in [0.25, 0.3) is 0 Å². The summed E-state index contributed by atoms with van der Waals surface area (Å²) in [4.78, 5) is 25.2. The number of benzene rings is 1. The van der Waals surface area contributed by atoms with Crippen molar-refractivity contribution in [1.29, 1.82) is 0 Å². The number of carbonyl (C=O) groups excluding carboxylic acids is 2. The second-order valence-corrected chi connectivity index (χ2v) is 5.14. The number of furan rings is 1. The molecule has 3 rings (SSSR count). The molecular weight excluding hydrogens is 282 g/mol. The molecule has 0 aliphatic carbocycles. The highest BCUT2D eigenvalue weighted by Crippen LogP contribution is 2.22. The third-order valence-electron chi connectivity index (χ3n) is 3.54. The van der Waals surface area contributed by atoms with Crippen molar-refractivity contribution >= 4 is 23.3 Å². The van der Waals surface area contributed by atoms with Gasteiger partial charge in [-0.15, -0.1) is 0 Å². The number of hydrogen-bond acceptors (Lipinski definition) is 3. The van der Waals surface area contributed by atoms with Gasteiger partial charge in [0.2, 0.25) is 5.91 Å². The van der Waals surface area contributed by atoms with Gasteiger partial charge >= 0.3 is 6.03 Å². The molecule has 2 aromatic rings. The topological polar surface area (TPSA) is 74.6 Å². The van der Waals surface area contributed by atoms with E-state index in [1.165, 1.54) is 0 Å². The summed E-state index contributed by atoms with van der Waals surface area (Å²) >= 11 is 0. The Hall–Kier alpha value is -2.76. The molecule has 0 spiro atoms. The first kappa shape index (κ1) is 14.2. The standard InChI is InChI=1S/C16H17N3O3/c20-15-2-1-8-19(15)14-5-3-13(4-6-14)18-16(21)17-10-12-7-9-22-11-12/h3-7,9,11H,1-2,8,10H2,(H2,17,18,21). The first-order chi connectivity index (χ1) is 10.7. The first-order valence-electron chi connectivity index (χ1n) is 7.19. The summed E-state index contributed by atoms with van der Waals surface area (Å²) in [6.07, 6.45) is 4.65. The van der Waals surface area contributed by atoms with Crippen molar-refractivity contribution in [2.45, 2.75) is 19.4 Å². The van der Waals surface area contributed by atoms with Crippen molar-refractivity contribution in [2.24, 2.45) is 0 Å². The van der Waals surface area contributed by atoms with Crippen LogP contribution in [0, 0.1) is 0 Å². The lowest BCUT2D eigenvalue weighted by molar-refractivity contribution is -0.117. The van der Waals surface area contributed by atoms with Crippen molar-refractivity contribution in [2.75, 3.05) is 16.8 Å². The fourth-order valence-corrected chi connectivity index (χ4v) is 2.40. The highest BCUT2D eigenvalue weighted by Gasteiger charge is 2.21. The molecule has 1 aliphatic heterocycles. The lowest BCUT2D eigenvalue weighted by Crippen LogP contribution is -2.28. The van der Waals surface area contributed by atoms with Crippen LogP contribution in [-0.2, 0) is 11.3 Å². The van der Waals surface area contributed by atoms with Crippen LogP contribution in [0.15, 0.2) is 47.3 Å². The number of urea groups is 1. The number of nitrogens with one attached hydrogen (secondary N) is 2. The Labute approximate surface area is 128 Å². The van der Waals surface area contributed by atoms with Crippen LogP contribution < -0.4 is 15.5 Å². The minimum atomic E-state index is -0.286. The molecule has 1 aromatic heterocycles. The molecule has 22 heavy (non-hydrogen) atoms. The number of hydrogen-bond donors (Lipinski definition) is 2. The van der Waals surface area contributed by atoms with Crippen LogP contribution in [-0.4, -0.2) is 18.5 Å². The molecule has 2 N–H and O–H groups in total. The molecule has 0 bridgehead atoms. The Kier molecular flexibility index (Phi) is 4.09. The molecular formula is C16H17N3O3. The van der Waals surface area contributed by atoms with Gasteiger partial charge in [-0.2, -0.15) is 0 Å². The quantitative estimate of drug-likeness (QED) is 0.911. The van der Waals surface area contributed by atoms with Crippen LogP contribution in [0.1, 0.15) is 18.4 Å². The van der Waals surface area contributed by atoms with E-state index in [1.807, 2.05) is 12.1 Å². The van der Waals surface area contributed by atoms with Crippen molar-refractivity contribution in [3.63, 3.8) is 0 Å². The highest BCUT2D eigenvalue weighted by molar-refractivity contribution is 5.96. The van der Waals surface area contributed by atoms with Gasteiger partial charge in [0, 0.05) is 36.4 Å². The van der Waals surface area contributed by atoms with E-state index >= 15 is 0 Å². The summed E-state index contributed by atoms with van der Waals surface area (Å²) in [6, 6.07) is 8.77. The molecule has 1 aromatic carbocycles. The van der Waals surface area contributed by atoms with Crippen LogP contribution in [0.2, 0.25) is 0 Å². The van der Waals surface area contributed by atoms with E-state index in [0.717, 1.165) is 24.2 Å². The molecule has 0 saturated carbocycles. The second-order valence-electron chi connectivity index (χ2n) is 5.14. The Morgan fingerprint density at radius 1 is 1.23 bits per heavy atom. The number of nitrogens with zero attached hydrogens (tertiary/aromatic N) is 1. The van der Waals surface area contributed by atoms with Crippen LogP contribution >= 0.6 is 0 Å². The molecule has 1 saturated heterocycles. The van der Waals surface area contributed by atoms with E-state index in [-0.39, 0.29) is 11.9 Å². The largest absolute Gasteiger partial charge is 0.472 e. The number of amides is 3. The summed E-state index contributed by atoms with van der Waals surface area (Å²) in [5.41, 5.74) is 2.45. The molecule has 3 amide bonds. The normalized spacial score (nSPS) is 14.2. The highest BCUT2D eigenvalue weighted by atomic mass is 16.3. The SMILES string of the molecule is O=C(NCc1ccoc1)Nc1ccc(N2CCCC2=O)cc1. The number of carbonyl (C=O) groups is 2. The van der Waals surface area contributed by atoms with E-state index in [9.17, 15) is 9.59 Å². The molecule has 114 valence electrons. The van der Waals surface area contributed by atoms with E-state index in [0.29, 0.717) is 18.7 Å². The Morgan fingerprint density at radius 3 is 2.68 bits per heavy atom. The zero-order valence-electron chi connectivity index (χ0n) is 12.0. The van der Waals surface area contributed by atoms with Gasteiger partial charge in [-0.05, 0) is 36.8 Å². The van der Waals surface area contributed by atoms with Crippen LogP contribution in [0.4, 0.5) is 16.2 Å². The average molecular weight is 299 g/mol. The van der Waals surface area contributed by atoms with Crippen molar-refractivity contribution in [3.8, 4) is 0 Å². The summed E-state index contributed by atoms with van der Waals surface area (Å²) in [5, 5.41) is 5.48. The zero-order valence-corrected chi connectivity index (χ0v) is 12.0. The van der Waals surface area contributed by atoms with E-state index in [2.05, 4.69) is 10.6 Å². The first-order valence-corrected chi connectivity index (χ1v) is 7.19. The molecule has 0 atom stereocenters. The lowest BCUT2D eigenvalue weighted by Gasteiger charge is -2.16. The zero-order chi connectivity index (χ0) is 15.4. The van der Waals surface area contributed by atoms with Gasteiger partial charge in [-0.1, -0.05) is 0 Å². The third kappa shape index (κ3) is 3.28. The summed E-state index contributed by atoms with van der Waals surface area (Å²) in [6.45, 7) is 1.17.